The highest BCUT2D eigenvalue weighted by Gasteiger charge is 2.30. The second kappa shape index (κ2) is 5.64. The third-order valence-electron chi connectivity index (χ3n) is 3.38. The van der Waals surface area contributed by atoms with Crippen molar-refractivity contribution in [2.75, 3.05) is 7.05 Å². The first kappa shape index (κ1) is 13.0. The molecule has 0 aromatic carbocycles. The van der Waals surface area contributed by atoms with Crippen molar-refractivity contribution in [1.29, 1.82) is 0 Å². The minimum absolute atomic E-state index is 0.420. The third-order valence-corrected chi connectivity index (χ3v) is 3.38. The number of nitrogens with one attached hydrogen (secondary N) is 1. The van der Waals surface area contributed by atoms with Gasteiger partial charge in [0.25, 0.3) is 0 Å². The number of hydrogen-bond donors (Lipinski definition) is 1. The van der Waals surface area contributed by atoms with Crippen molar-refractivity contribution < 1.29 is 0 Å². The van der Waals surface area contributed by atoms with E-state index in [1.807, 2.05) is 0 Å². The van der Waals surface area contributed by atoms with Crippen molar-refractivity contribution in [1.82, 2.24) is 5.32 Å². The predicted molar refractivity (Wildman–Crippen MR) is 61.0 cm³/mol. The van der Waals surface area contributed by atoms with Gasteiger partial charge in [-0.2, -0.15) is 0 Å². The van der Waals surface area contributed by atoms with Crippen LogP contribution in [0, 0.1) is 11.3 Å². The van der Waals surface area contributed by atoms with Gasteiger partial charge >= 0.3 is 0 Å². The molecule has 0 radical (unpaired) electrons. The molecular weight excluding hydrogens is 158 g/mol. The molecule has 1 heteroatoms. The van der Waals surface area contributed by atoms with Crippen LogP contribution in [0.4, 0.5) is 0 Å². The van der Waals surface area contributed by atoms with Crippen molar-refractivity contribution in [2.45, 2.75) is 59.9 Å². The van der Waals surface area contributed by atoms with E-state index in [0.29, 0.717) is 11.5 Å². The lowest BCUT2D eigenvalue weighted by Gasteiger charge is -2.37. The summed E-state index contributed by atoms with van der Waals surface area (Å²) in [6.45, 7) is 11.6. The topological polar surface area (TPSA) is 12.0 Å². The van der Waals surface area contributed by atoms with Crippen LogP contribution in [0.3, 0.4) is 0 Å². The molecule has 80 valence electrons. The summed E-state index contributed by atoms with van der Waals surface area (Å²) in [6, 6.07) is 0.650. The minimum atomic E-state index is 0.420. The van der Waals surface area contributed by atoms with E-state index < -0.39 is 0 Å². The fourth-order valence-electron chi connectivity index (χ4n) is 2.29. The molecule has 13 heavy (non-hydrogen) atoms. The van der Waals surface area contributed by atoms with E-state index in [2.05, 4.69) is 47.0 Å². The van der Waals surface area contributed by atoms with Crippen LogP contribution in [0.25, 0.3) is 0 Å². The molecule has 0 bridgehead atoms. The van der Waals surface area contributed by atoms with E-state index >= 15 is 0 Å². The molecule has 2 unspecified atom stereocenters. The molecule has 0 saturated heterocycles. The Morgan fingerprint density at radius 3 is 2.08 bits per heavy atom. The van der Waals surface area contributed by atoms with Gasteiger partial charge in [-0.3, -0.25) is 0 Å². The quantitative estimate of drug-likeness (QED) is 0.668. The fourth-order valence-corrected chi connectivity index (χ4v) is 2.29. The Labute approximate surface area is 84.3 Å². The third kappa shape index (κ3) is 3.68. The molecule has 2 atom stereocenters. The highest BCUT2D eigenvalue weighted by Crippen LogP contribution is 2.31. The summed E-state index contributed by atoms with van der Waals surface area (Å²) in [5.41, 5.74) is 0.420. The Kier molecular flexibility index (Phi) is 5.62. The summed E-state index contributed by atoms with van der Waals surface area (Å²) < 4.78 is 0. The molecule has 0 fully saturated rings. The van der Waals surface area contributed by atoms with Gasteiger partial charge in [0.2, 0.25) is 0 Å². The summed E-state index contributed by atoms with van der Waals surface area (Å²) in [4.78, 5) is 0. The van der Waals surface area contributed by atoms with E-state index in [1.54, 1.807) is 0 Å². The lowest BCUT2D eigenvalue weighted by molar-refractivity contribution is 0.177. The highest BCUT2D eigenvalue weighted by molar-refractivity contribution is 4.85. The van der Waals surface area contributed by atoms with Crippen LogP contribution in [-0.4, -0.2) is 13.1 Å². The first-order valence-electron chi connectivity index (χ1n) is 5.66. The first-order chi connectivity index (χ1) is 5.99. The lowest BCUT2D eigenvalue weighted by atomic mass is 9.75. The van der Waals surface area contributed by atoms with Crippen molar-refractivity contribution in [3.63, 3.8) is 0 Å². The molecule has 0 aromatic heterocycles. The number of hydrogen-bond acceptors (Lipinski definition) is 1. The smallest absolute Gasteiger partial charge is 0.0141 e. The fraction of sp³-hybridized carbons (Fsp3) is 1.00. The summed E-state index contributed by atoms with van der Waals surface area (Å²) >= 11 is 0. The Hall–Kier alpha value is -0.0400. The summed E-state index contributed by atoms with van der Waals surface area (Å²) in [6.07, 6.45) is 3.86. The molecule has 0 aliphatic carbocycles. The standard InChI is InChI=1S/C12H27N/c1-7-9-10(3)11(13-6)12(4,5)8-2/h10-11,13H,7-9H2,1-6H3. The molecule has 0 aliphatic heterocycles. The van der Waals surface area contributed by atoms with Gasteiger partial charge in [0.05, 0.1) is 0 Å². The van der Waals surface area contributed by atoms with Crippen molar-refractivity contribution in [2.24, 2.45) is 11.3 Å². The maximum absolute atomic E-state index is 3.48. The maximum atomic E-state index is 3.48. The SMILES string of the molecule is CCCC(C)C(NC)C(C)(C)CC. The largest absolute Gasteiger partial charge is 0.316 e. The lowest BCUT2D eigenvalue weighted by Crippen LogP contribution is -2.44. The van der Waals surface area contributed by atoms with E-state index in [4.69, 9.17) is 0 Å². The van der Waals surface area contributed by atoms with Gasteiger partial charge in [-0.25, -0.2) is 0 Å². The van der Waals surface area contributed by atoms with Crippen LogP contribution in [-0.2, 0) is 0 Å². The van der Waals surface area contributed by atoms with Gasteiger partial charge in [-0.05, 0) is 31.2 Å². The molecule has 0 aromatic rings. The van der Waals surface area contributed by atoms with Gasteiger partial charge in [0, 0.05) is 6.04 Å². The van der Waals surface area contributed by atoms with Crippen LogP contribution < -0.4 is 5.32 Å². The van der Waals surface area contributed by atoms with Crippen LogP contribution in [0.15, 0.2) is 0 Å². The van der Waals surface area contributed by atoms with Crippen LogP contribution in [0.1, 0.15) is 53.9 Å². The van der Waals surface area contributed by atoms with Gasteiger partial charge in [0.15, 0.2) is 0 Å². The zero-order valence-electron chi connectivity index (χ0n) is 10.3. The summed E-state index contributed by atoms with van der Waals surface area (Å²) in [7, 11) is 2.09. The molecule has 0 heterocycles. The summed E-state index contributed by atoms with van der Waals surface area (Å²) in [5, 5.41) is 3.48. The Bertz CT molecular complexity index is 129. The summed E-state index contributed by atoms with van der Waals surface area (Å²) in [5.74, 6) is 0.782. The van der Waals surface area contributed by atoms with Crippen molar-refractivity contribution in [3.8, 4) is 0 Å². The average molecular weight is 185 g/mol. The molecule has 0 amide bonds. The molecule has 1 nitrogen and oxygen atoms in total. The van der Waals surface area contributed by atoms with E-state index in [0.717, 1.165) is 5.92 Å². The molecular formula is C12H27N. The monoisotopic (exact) mass is 185 g/mol. The average Bonchev–Trinajstić information content (AvgIpc) is 2.05. The second-order valence-corrected chi connectivity index (χ2v) is 4.87. The second-order valence-electron chi connectivity index (χ2n) is 4.87. The van der Waals surface area contributed by atoms with E-state index in [1.165, 1.54) is 19.3 Å². The van der Waals surface area contributed by atoms with Gasteiger partial charge in [-0.1, -0.05) is 41.0 Å². The van der Waals surface area contributed by atoms with Gasteiger partial charge in [0.1, 0.15) is 0 Å². The molecule has 0 aliphatic rings. The van der Waals surface area contributed by atoms with Crippen molar-refractivity contribution in [3.05, 3.63) is 0 Å². The predicted octanol–water partition coefficient (Wildman–Crippen LogP) is 3.45. The maximum Gasteiger partial charge on any atom is 0.0141 e. The zero-order valence-corrected chi connectivity index (χ0v) is 10.3. The Balaban J connectivity index is 4.31. The normalized spacial score (nSPS) is 17.1. The minimum Gasteiger partial charge on any atom is -0.316 e. The molecule has 1 N–H and O–H groups in total. The molecule has 0 rings (SSSR count). The van der Waals surface area contributed by atoms with Gasteiger partial charge in [-0.15, -0.1) is 0 Å². The van der Waals surface area contributed by atoms with Crippen LogP contribution in [0.2, 0.25) is 0 Å². The van der Waals surface area contributed by atoms with Crippen molar-refractivity contribution >= 4 is 0 Å². The van der Waals surface area contributed by atoms with E-state index in [-0.39, 0.29) is 0 Å². The van der Waals surface area contributed by atoms with Gasteiger partial charge < -0.3 is 5.32 Å². The Morgan fingerprint density at radius 1 is 1.23 bits per heavy atom. The van der Waals surface area contributed by atoms with E-state index in [9.17, 15) is 0 Å². The molecule has 0 saturated carbocycles. The highest BCUT2D eigenvalue weighted by atomic mass is 14.9. The molecule has 0 spiro atoms. The zero-order chi connectivity index (χ0) is 10.5. The Morgan fingerprint density at radius 2 is 1.77 bits per heavy atom. The number of rotatable bonds is 6. The first-order valence-corrected chi connectivity index (χ1v) is 5.66. The van der Waals surface area contributed by atoms with Crippen LogP contribution in [0.5, 0.6) is 0 Å². The van der Waals surface area contributed by atoms with Crippen LogP contribution >= 0.6 is 0 Å².